The van der Waals surface area contributed by atoms with Gasteiger partial charge in [-0.2, -0.15) is 4.98 Å². The number of benzene rings is 1. The number of alkyl carbamates (subject to hydrolysis) is 1. The Morgan fingerprint density at radius 1 is 1.38 bits per heavy atom. The van der Waals surface area contributed by atoms with Crippen LogP contribution in [-0.4, -0.2) is 45.7 Å². The number of carbonyl (C=O) groups is 2. The van der Waals surface area contributed by atoms with E-state index in [2.05, 4.69) is 15.5 Å². The van der Waals surface area contributed by atoms with Gasteiger partial charge in [0, 0.05) is 30.8 Å². The quantitative estimate of drug-likeness (QED) is 0.902. The Morgan fingerprint density at radius 3 is 2.81 bits per heavy atom. The van der Waals surface area contributed by atoms with Crippen LogP contribution in [0.5, 0.6) is 0 Å². The summed E-state index contributed by atoms with van der Waals surface area (Å²) in [4.78, 5) is 30.2. The number of fused-ring (bicyclic) bond motifs is 1. The van der Waals surface area contributed by atoms with Crippen molar-refractivity contribution in [2.45, 2.75) is 39.8 Å². The summed E-state index contributed by atoms with van der Waals surface area (Å²) < 4.78 is 10.3. The maximum absolute atomic E-state index is 12.6. The molecule has 1 aromatic carbocycles. The Labute approximate surface area is 151 Å². The third-order valence-corrected chi connectivity index (χ3v) is 3.81. The lowest BCUT2D eigenvalue weighted by molar-refractivity contribution is 0.0515. The summed E-state index contributed by atoms with van der Waals surface area (Å²) in [6.07, 6.45) is -0.490. The van der Waals surface area contributed by atoms with E-state index < -0.39 is 11.7 Å². The molecule has 0 atom stereocenters. The van der Waals surface area contributed by atoms with Gasteiger partial charge in [-0.3, -0.25) is 4.79 Å². The number of aryl methyl sites for hydroxylation is 1. The molecule has 138 valence electrons. The summed E-state index contributed by atoms with van der Waals surface area (Å²) in [5.74, 6) is 0.855. The molecule has 0 fully saturated rings. The monoisotopic (exact) mass is 358 g/mol. The van der Waals surface area contributed by atoms with Gasteiger partial charge in [-0.25, -0.2) is 4.79 Å². The smallest absolute Gasteiger partial charge is 0.407 e. The number of nitrogens with zero attached hydrogens (tertiary/aromatic N) is 3. The molecular weight excluding hydrogens is 336 g/mol. The first kappa shape index (κ1) is 17.9. The van der Waals surface area contributed by atoms with E-state index in [1.165, 1.54) is 0 Å². The van der Waals surface area contributed by atoms with Crippen LogP contribution in [0.3, 0.4) is 0 Å². The fraction of sp³-hybridized carbons (Fsp3) is 0.444. The predicted molar refractivity (Wildman–Crippen MR) is 93.4 cm³/mol. The standard InChI is InChI=1S/C18H22N4O4/c1-11-20-15(26-21-11)12-5-6-13-10-22(16(23)14(13)9-12)8-7-19-17(24)25-18(2,3)4/h5-6,9H,7-8,10H2,1-4H3,(H,19,24). The van der Waals surface area contributed by atoms with Gasteiger partial charge in [-0.1, -0.05) is 11.2 Å². The zero-order valence-corrected chi connectivity index (χ0v) is 15.3. The van der Waals surface area contributed by atoms with Gasteiger partial charge in [-0.05, 0) is 45.4 Å². The molecule has 3 rings (SSSR count). The molecule has 0 saturated carbocycles. The van der Waals surface area contributed by atoms with E-state index in [-0.39, 0.29) is 5.91 Å². The van der Waals surface area contributed by atoms with Gasteiger partial charge in [0.25, 0.3) is 11.8 Å². The predicted octanol–water partition coefficient (Wildman–Crippen LogP) is 2.53. The first-order valence-electron chi connectivity index (χ1n) is 8.43. The molecule has 0 aliphatic carbocycles. The Morgan fingerprint density at radius 2 is 2.15 bits per heavy atom. The number of hydrogen-bond acceptors (Lipinski definition) is 6. The molecule has 2 amide bonds. The number of carbonyl (C=O) groups excluding carboxylic acids is 2. The van der Waals surface area contributed by atoms with Crippen molar-refractivity contribution in [2.24, 2.45) is 0 Å². The molecule has 0 saturated heterocycles. The zero-order chi connectivity index (χ0) is 18.9. The van der Waals surface area contributed by atoms with Crippen LogP contribution in [0.25, 0.3) is 11.5 Å². The molecule has 0 radical (unpaired) electrons. The second-order valence-electron chi connectivity index (χ2n) is 7.17. The van der Waals surface area contributed by atoms with Crippen molar-refractivity contribution in [1.82, 2.24) is 20.4 Å². The van der Waals surface area contributed by atoms with Crippen molar-refractivity contribution in [3.63, 3.8) is 0 Å². The highest BCUT2D eigenvalue weighted by Crippen LogP contribution is 2.27. The van der Waals surface area contributed by atoms with E-state index in [1.54, 1.807) is 38.7 Å². The van der Waals surface area contributed by atoms with Crippen molar-refractivity contribution in [3.05, 3.63) is 35.2 Å². The first-order valence-corrected chi connectivity index (χ1v) is 8.43. The fourth-order valence-electron chi connectivity index (χ4n) is 2.70. The third kappa shape index (κ3) is 4.01. The van der Waals surface area contributed by atoms with Crippen LogP contribution in [0.2, 0.25) is 0 Å². The second-order valence-corrected chi connectivity index (χ2v) is 7.17. The van der Waals surface area contributed by atoms with Crippen molar-refractivity contribution in [2.75, 3.05) is 13.1 Å². The zero-order valence-electron chi connectivity index (χ0n) is 15.3. The summed E-state index contributed by atoms with van der Waals surface area (Å²) in [6, 6.07) is 5.52. The number of nitrogens with one attached hydrogen (secondary N) is 1. The number of amides is 2. The van der Waals surface area contributed by atoms with Crippen molar-refractivity contribution >= 4 is 12.0 Å². The van der Waals surface area contributed by atoms with Crippen LogP contribution in [0.4, 0.5) is 4.79 Å². The van der Waals surface area contributed by atoms with Crippen molar-refractivity contribution in [1.29, 1.82) is 0 Å². The Hall–Kier alpha value is -2.90. The summed E-state index contributed by atoms with van der Waals surface area (Å²) in [5.41, 5.74) is 1.72. The van der Waals surface area contributed by atoms with Gasteiger partial charge >= 0.3 is 6.09 Å². The second kappa shape index (κ2) is 6.78. The molecule has 1 aliphatic heterocycles. The lowest BCUT2D eigenvalue weighted by Crippen LogP contribution is -2.38. The lowest BCUT2D eigenvalue weighted by atomic mass is 10.1. The van der Waals surface area contributed by atoms with E-state index in [4.69, 9.17) is 9.26 Å². The van der Waals surface area contributed by atoms with Gasteiger partial charge in [-0.15, -0.1) is 0 Å². The van der Waals surface area contributed by atoms with Gasteiger partial charge in [0.2, 0.25) is 0 Å². The molecule has 2 aromatic rings. The minimum Gasteiger partial charge on any atom is -0.444 e. The normalized spacial score (nSPS) is 13.7. The lowest BCUT2D eigenvalue weighted by Gasteiger charge is -2.21. The maximum Gasteiger partial charge on any atom is 0.407 e. The molecule has 0 bridgehead atoms. The van der Waals surface area contributed by atoms with Crippen LogP contribution in [0.1, 0.15) is 42.5 Å². The summed E-state index contributed by atoms with van der Waals surface area (Å²) in [7, 11) is 0. The number of hydrogen-bond donors (Lipinski definition) is 1. The van der Waals surface area contributed by atoms with Gasteiger partial charge in [0.15, 0.2) is 5.82 Å². The molecule has 1 aromatic heterocycles. The van der Waals surface area contributed by atoms with E-state index in [9.17, 15) is 9.59 Å². The number of rotatable bonds is 4. The van der Waals surface area contributed by atoms with Gasteiger partial charge in [0.05, 0.1) is 0 Å². The van der Waals surface area contributed by atoms with Crippen LogP contribution < -0.4 is 5.32 Å². The fourth-order valence-corrected chi connectivity index (χ4v) is 2.70. The number of ether oxygens (including phenoxy) is 1. The largest absolute Gasteiger partial charge is 0.444 e. The molecule has 0 spiro atoms. The SMILES string of the molecule is Cc1noc(-c2ccc3c(c2)C(=O)N(CCNC(=O)OC(C)(C)C)C3)n1. The molecule has 0 unspecified atom stereocenters. The Kier molecular flexibility index (Phi) is 4.67. The van der Waals surface area contributed by atoms with Gasteiger partial charge < -0.3 is 19.5 Å². The van der Waals surface area contributed by atoms with E-state index in [0.29, 0.717) is 42.5 Å². The molecule has 8 heteroatoms. The maximum atomic E-state index is 12.6. The summed E-state index contributed by atoms with van der Waals surface area (Å²) >= 11 is 0. The van der Waals surface area contributed by atoms with E-state index in [0.717, 1.165) is 5.56 Å². The van der Waals surface area contributed by atoms with E-state index >= 15 is 0 Å². The first-order chi connectivity index (χ1) is 12.2. The minimum atomic E-state index is -0.548. The van der Waals surface area contributed by atoms with Crippen LogP contribution >= 0.6 is 0 Å². The minimum absolute atomic E-state index is 0.0796. The van der Waals surface area contributed by atoms with Gasteiger partial charge in [0.1, 0.15) is 5.60 Å². The molecular formula is C18H22N4O4. The highest BCUT2D eigenvalue weighted by molar-refractivity contribution is 5.99. The molecule has 2 heterocycles. The highest BCUT2D eigenvalue weighted by Gasteiger charge is 2.28. The van der Waals surface area contributed by atoms with Crippen LogP contribution in [0.15, 0.2) is 22.7 Å². The summed E-state index contributed by atoms with van der Waals surface area (Å²) in [6.45, 7) is 8.38. The van der Waals surface area contributed by atoms with Crippen LogP contribution in [-0.2, 0) is 11.3 Å². The number of aromatic nitrogens is 2. The average Bonchev–Trinajstić information content (AvgIpc) is 3.10. The van der Waals surface area contributed by atoms with Crippen LogP contribution in [0, 0.1) is 6.92 Å². The molecule has 8 nitrogen and oxygen atoms in total. The average molecular weight is 358 g/mol. The molecule has 1 aliphatic rings. The Balaban J connectivity index is 1.60. The highest BCUT2D eigenvalue weighted by atomic mass is 16.6. The van der Waals surface area contributed by atoms with Crippen molar-refractivity contribution < 1.29 is 18.8 Å². The summed E-state index contributed by atoms with van der Waals surface area (Å²) in [5, 5.41) is 6.43. The van der Waals surface area contributed by atoms with Crippen molar-refractivity contribution in [3.8, 4) is 11.5 Å². The van der Waals surface area contributed by atoms with E-state index in [1.807, 2.05) is 12.1 Å². The third-order valence-electron chi connectivity index (χ3n) is 3.81. The Bertz CT molecular complexity index is 838. The molecule has 26 heavy (non-hydrogen) atoms. The topological polar surface area (TPSA) is 97.6 Å². The molecule has 1 N–H and O–H groups in total.